The zero-order valence-corrected chi connectivity index (χ0v) is 14.9. The molecule has 2 heterocycles. The number of fused-ring (bicyclic) bond motifs is 1. The summed E-state index contributed by atoms with van der Waals surface area (Å²) in [6.07, 6.45) is 0. The molecule has 0 saturated heterocycles. The number of benzene rings is 1. The highest BCUT2D eigenvalue weighted by Crippen LogP contribution is 2.41. The lowest BCUT2D eigenvalue weighted by atomic mass is 10.1. The van der Waals surface area contributed by atoms with Gasteiger partial charge in [0.25, 0.3) is 0 Å². The lowest BCUT2D eigenvalue weighted by Crippen LogP contribution is -2.15. The fourth-order valence-corrected chi connectivity index (χ4v) is 3.82. The van der Waals surface area contributed by atoms with Crippen molar-refractivity contribution in [2.45, 2.75) is 6.92 Å². The Bertz CT molecular complexity index is 727. The first-order valence-electron chi connectivity index (χ1n) is 6.76. The van der Waals surface area contributed by atoms with Crippen molar-refractivity contribution in [3.05, 3.63) is 33.0 Å². The predicted octanol–water partition coefficient (Wildman–Crippen LogP) is 4.15. The van der Waals surface area contributed by atoms with Crippen LogP contribution in [0.4, 0.5) is 0 Å². The number of esters is 1. The van der Waals surface area contributed by atoms with Crippen LogP contribution in [0.2, 0.25) is 0 Å². The smallest absolute Gasteiger partial charge is 0.355 e. The molecule has 1 aliphatic heterocycles. The summed E-state index contributed by atoms with van der Waals surface area (Å²) in [6.45, 7) is 3.17. The van der Waals surface area contributed by atoms with Gasteiger partial charge in [0, 0.05) is 5.56 Å². The van der Waals surface area contributed by atoms with E-state index in [9.17, 15) is 4.79 Å². The summed E-state index contributed by atoms with van der Waals surface area (Å²) in [5.74, 6) is 1.02. The van der Waals surface area contributed by atoms with Gasteiger partial charge >= 0.3 is 5.97 Å². The second kappa shape index (κ2) is 6.34. The molecule has 0 saturated carbocycles. The Kier molecular flexibility index (Phi) is 4.44. The van der Waals surface area contributed by atoms with Gasteiger partial charge in [0.15, 0.2) is 11.5 Å². The third kappa shape index (κ3) is 2.75. The largest absolute Gasteiger partial charge is 0.486 e. The van der Waals surface area contributed by atoms with E-state index in [0.29, 0.717) is 40.3 Å². The molecule has 116 valence electrons. The molecule has 1 N–H and O–H groups in total. The van der Waals surface area contributed by atoms with Gasteiger partial charge in [-0.15, -0.1) is 0 Å². The third-order valence-electron chi connectivity index (χ3n) is 3.20. The van der Waals surface area contributed by atoms with Crippen molar-refractivity contribution in [2.24, 2.45) is 0 Å². The number of hydrogen-bond donors (Lipinski definition) is 1. The van der Waals surface area contributed by atoms with Gasteiger partial charge in [-0.3, -0.25) is 0 Å². The van der Waals surface area contributed by atoms with Crippen molar-refractivity contribution in [3.8, 4) is 22.6 Å². The SMILES string of the molecule is CCOC(=O)c1[nH]c(Br)c(-c2ccc3c(c2)OCCO3)c1Br. The normalized spacial score (nSPS) is 13.0. The number of aromatic nitrogens is 1. The molecule has 0 amide bonds. The maximum Gasteiger partial charge on any atom is 0.355 e. The van der Waals surface area contributed by atoms with Crippen LogP contribution in [0, 0.1) is 0 Å². The Labute approximate surface area is 144 Å². The van der Waals surface area contributed by atoms with E-state index in [2.05, 4.69) is 36.8 Å². The highest BCUT2D eigenvalue weighted by molar-refractivity contribution is 9.11. The summed E-state index contributed by atoms with van der Waals surface area (Å²) in [6, 6.07) is 5.67. The number of ether oxygens (including phenoxy) is 3. The second-order valence-electron chi connectivity index (χ2n) is 4.58. The average molecular weight is 431 g/mol. The number of aromatic amines is 1. The molecule has 1 aliphatic rings. The molecule has 5 nitrogen and oxygen atoms in total. The third-order valence-corrected chi connectivity index (χ3v) is 4.59. The first kappa shape index (κ1) is 15.4. The molecule has 22 heavy (non-hydrogen) atoms. The topological polar surface area (TPSA) is 60.6 Å². The van der Waals surface area contributed by atoms with Crippen LogP contribution in [0.3, 0.4) is 0 Å². The van der Waals surface area contributed by atoms with Crippen LogP contribution in [0.15, 0.2) is 27.3 Å². The van der Waals surface area contributed by atoms with Crippen LogP contribution in [0.5, 0.6) is 11.5 Å². The molecular weight excluding hydrogens is 418 g/mol. The maximum absolute atomic E-state index is 11.9. The Morgan fingerprint density at radius 3 is 2.73 bits per heavy atom. The van der Waals surface area contributed by atoms with Gasteiger partial charge in [0.05, 0.1) is 15.7 Å². The number of hydrogen-bond acceptors (Lipinski definition) is 4. The van der Waals surface area contributed by atoms with E-state index in [1.54, 1.807) is 6.92 Å². The molecule has 0 aliphatic carbocycles. The van der Waals surface area contributed by atoms with E-state index in [-0.39, 0.29) is 0 Å². The van der Waals surface area contributed by atoms with Crippen molar-refractivity contribution in [1.29, 1.82) is 0 Å². The summed E-state index contributed by atoms with van der Waals surface area (Å²) < 4.78 is 17.5. The number of H-pyrrole nitrogens is 1. The minimum atomic E-state index is -0.404. The minimum Gasteiger partial charge on any atom is -0.486 e. The van der Waals surface area contributed by atoms with Crippen LogP contribution < -0.4 is 9.47 Å². The van der Waals surface area contributed by atoms with Crippen molar-refractivity contribution in [1.82, 2.24) is 4.98 Å². The van der Waals surface area contributed by atoms with E-state index in [1.807, 2.05) is 18.2 Å². The lowest BCUT2D eigenvalue weighted by Gasteiger charge is -2.18. The van der Waals surface area contributed by atoms with Crippen LogP contribution in [-0.4, -0.2) is 30.8 Å². The van der Waals surface area contributed by atoms with Crippen LogP contribution >= 0.6 is 31.9 Å². The maximum atomic E-state index is 11.9. The monoisotopic (exact) mass is 429 g/mol. The molecule has 0 radical (unpaired) electrons. The Balaban J connectivity index is 2.03. The van der Waals surface area contributed by atoms with E-state index in [1.165, 1.54) is 0 Å². The first-order chi connectivity index (χ1) is 10.6. The molecule has 0 atom stereocenters. The molecule has 0 unspecified atom stereocenters. The van der Waals surface area contributed by atoms with E-state index in [4.69, 9.17) is 14.2 Å². The fraction of sp³-hybridized carbons (Fsp3) is 0.267. The predicted molar refractivity (Wildman–Crippen MR) is 88.6 cm³/mol. The van der Waals surface area contributed by atoms with Gasteiger partial charge in [-0.25, -0.2) is 4.79 Å². The van der Waals surface area contributed by atoms with Gasteiger partial charge in [-0.1, -0.05) is 6.07 Å². The highest BCUT2D eigenvalue weighted by Gasteiger charge is 2.23. The minimum absolute atomic E-state index is 0.321. The van der Waals surface area contributed by atoms with Crippen LogP contribution in [0.25, 0.3) is 11.1 Å². The Hall–Kier alpha value is -1.47. The summed E-state index contributed by atoms with van der Waals surface area (Å²) in [5.41, 5.74) is 2.11. The standard InChI is InChI=1S/C15H13Br2NO4/c1-2-20-15(19)13-12(16)11(14(17)18-13)8-3-4-9-10(7-8)22-6-5-21-9/h3-4,7,18H,2,5-6H2,1H3. The molecule has 1 aromatic carbocycles. The number of nitrogens with one attached hydrogen (secondary N) is 1. The van der Waals surface area contributed by atoms with Crippen molar-refractivity contribution < 1.29 is 19.0 Å². The highest BCUT2D eigenvalue weighted by atomic mass is 79.9. The number of carbonyl (C=O) groups excluding carboxylic acids is 1. The van der Waals surface area contributed by atoms with E-state index >= 15 is 0 Å². The molecule has 3 rings (SSSR count). The number of carbonyl (C=O) groups is 1. The average Bonchev–Trinajstić information content (AvgIpc) is 2.82. The van der Waals surface area contributed by atoms with Gasteiger partial charge in [0.1, 0.15) is 18.9 Å². The quantitative estimate of drug-likeness (QED) is 0.743. The molecular formula is C15H13Br2NO4. The van der Waals surface area contributed by atoms with Gasteiger partial charge in [-0.05, 0) is 56.5 Å². The molecule has 0 bridgehead atoms. The van der Waals surface area contributed by atoms with Crippen LogP contribution in [0.1, 0.15) is 17.4 Å². The summed E-state index contributed by atoms with van der Waals surface area (Å²) in [5, 5.41) is 0. The molecule has 1 aromatic heterocycles. The van der Waals surface area contributed by atoms with E-state index in [0.717, 1.165) is 16.9 Å². The second-order valence-corrected chi connectivity index (χ2v) is 6.17. The van der Waals surface area contributed by atoms with Gasteiger partial charge < -0.3 is 19.2 Å². The van der Waals surface area contributed by atoms with Crippen molar-refractivity contribution in [3.63, 3.8) is 0 Å². The van der Waals surface area contributed by atoms with Gasteiger partial charge in [0.2, 0.25) is 0 Å². The van der Waals surface area contributed by atoms with Crippen molar-refractivity contribution in [2.75, 3.05) is 19.8 Å². The molecule has 7 heteroatoms. The molecule has 0 fully saturated rings. The lowest BCUT2D eigenvalue weighted by molar-refractivity contribution is 0.0519. The van der Waals surface area contributed by atoms with Crippen molar-refractivity contribution >= 4 is 37.8 Å². The fourth-order valence-electron chi connectivity index (χ4n) is 2.24. The van der Waals surface area contributed by atoms with Gasteiger partial charge in [-0.2, -0.15) is 0 Å². The zero-order chi connectivity index (χ0) is 15.7. The zero-order valence-electron chi connectivity index (χ0n) is 11.7. The Morgan fingerprint density at radius 1 is 1.27 bits per heavy atom. The number of rotatable bonds is 3. The number of halogens is 2. The van der Waals surface area contributed by atoms with Crippen LogP contribution in [-0.2, 0) is 4.74 Å². The summed E-state index contributed by atoms with van der Waals surface area (Å²) >= 11 is 6.93. The van der Waals surface area contributed by atoms with E-state index < -0.39 is 5.97 Å². The first-order valence-corrected chi connectivity index (χ1v) is 8.34. The molecule has 2 aromatic rings. The summed E-state index contributed by atoms with van der Waals surface area (Å²) in [4.78, 5) is 14.9. The molecule has 0 spiro atoms. The Morgan fingerprint density at radius 2 is 2.00 bits per heavy atom. The summed E-state index contributed by atoms with van der Waals surface area (Å²) in [7, 11) is 0.